The standard InChI is InChI=1S/C10H10N4/c1-2-14-12-10(11-13-14)8-9-6-4-3-5-7-9/h2-7H,1,8H2. The Balaban J connectivity index is 2.15. The largest absolute Gasteiger partial charge is 0.179 e. The van der Waals surface area contributed by atoms with Gasteiger partial charge in [-0.15, -0.1) is 15.0 Å². The summed E-state index contributed by atoms with van der Waals surface area (Å²) in [6, 6.07) is 10.0. The lowest BCUT2D eigenvalue weighted by atomic mass is 10.1. The van der Waals surface area contributed by atoms with Gasteiger partial charge in [-0.05, 0) is 10.8 Å². The lowest BCUT2D eigenvalue weighted by Gasteiger charge is -1.93. The molecule has 70 valence electrons. The molecule has 0 N–H and O–H groups in total. The van der Waals surface area contributed by atoms with Gasteiger partial charge in [0, 0.05) is 12.6 Å². The summed E-state index contributed by atoms with van der Waals surface area (Å²) in [6.45, 7) is 3.55. The molecule has 2 rings (SSSR count). The maximum Gasteiger partial charge on any atom is 0.179 e. The maximum atomic E-state index is 4.10. The third-order valence-corrected chi connectivity index (χ3v) is 1.84. The summed E-state index contributed by atoms with van der Waals surface area (Å²) in [5.41, 5.74) is 1.18. The summed E-state index contributed by atoms with van der Waals surface area (Å²) in [5.74, 6) is 0.705. The van der Waals surface area contributed by atoms with Crippen molar-refractivity contribution in [3.05, 3.63) is 48.3 Å². The Morgan fingerprint density at radius 3 is 2.71 bits per heavy atom. The molecule has 0 saturated heterocycles. The Bertz CT molecular complexity index is 419. The van der Waals surface area contributed by atoms with Gasteiger partial charge in [-0.25, -0.2) is 0 Å². The minimum atomic E-state index is 0.703. The van der Waals surface area contributed by atoms with Gasteiger partial charge in [-0.3, -0.25) is 0 Å². The van der Waals surface area contributed by atoms with Gasteiger partial charge in [0.25, 0.3) is 0 Å². The van der Waals surface area contributed by atoms with E-state index in [9.17, 15) is 0 Å². The van der Waals surface area contributed by atoms with Crippen LogP contribution < -0.4 is 0 Å². The van der Waals surface area contributed by atoms with Crippen LogP contribution in [0.15, 0.2) is 36.9 Å². The summed E-state index contributed by atoms with van der Waals surface area (Å²) in [6.07, 6.45) is 2.22. The molecular weight excluding hydrogens is 176 g/mol. The first kappa shape index (κ1) is 8.62. The molecule has 0 atom stereocenters. The highest BCUT2D eigenvalue weighted by atomic mass is 15.6. The predicted molar refractivity (Wildman–Crippen MR) is 53.5 cm³/mol. The van der Waals surface area contributed by atoms with E-state index in [0.717, 1.165) is 0 Å². The zero-order valence-corrected chi connectivity index (χ0v) is 7.67. The van der Waals surface area contributed by atoms with Crippen molar-refractivity contribution < 1.29 is 0 Å². The van der Waals surface area contributed by atoms with Crippen LogP contribution >= 0.6 is 0 Å². The normalized spacial score (nSPS) is 10.0. The third-order valence-electron chi connectivity index (χ3n) is 1.84. The fourth-order valence-electron chi connectivity index (χ4n) is 1.18. The van der Waals surface area contributed by atoms with Crippen molar-refractivity contribution in [2.45, 2.75) is 6.42 Å². The maximum absolute atomic E-state index is 4.10. The highest BCUT2D eigenvalue weighted by Gasteiger charge is 2.01. The van der Waals surface area contributed by atoms with Crippen molar-refractivity contribution >= 4 is 6.20 Å². The lowest BCUT2D eigenvalue weighted by molar-refractivity contribution is 0.758. The summed E-state index contributed by atoms with van der Waals surface area (Å²) >= 11 is 0. The van der Waals surface area contributed by atoms with Crippen molar-refractivity contribution in [3.63, 3.8) is 0 Å². The van der Waals surface area contributed by atoms with E-state index < -0.39 is 0 Å². The molecule has 0 radical (unpaired) electrons. The minimum Gasteiger partial charge on any atom is -0.139 e. The Kier molecular flexibility index (Phi) is 2.36. The average Bonchev–Trinajstić information content (AvgIpc) is 2.67. The van der Waals surface area contributed by atoms with Gasteiger partial charge in [-0.1, -0.05) is 36.9 Å². The van der Waals surface area contributed by atoms with E-state index in [1.165, 1.54) is 16.6 Å². The van der Waals surface area contributed by atoms with Crippen LogP contribution in [-0.4, -0.2) is 20.2 Å². The molecule has 0 unspecified atom stereocenters. The fourth-order valence-corrected chi connectivity index (χ4v) is 1.18. The molecule has 0 bridgehead atoms. The van der Waals surface area contributed by atoms with Crippen LogP contribution in [-0.2, 0) is 6.42 Å². The zero-order chi connectivity index (χ0) is 9.80. The number of hydrogen-bond acceptors (Lipinski definition) is 3. The highest BCUT2D eigenvalue weighted by Crippen LogP contribution is 2.03. The first-order valence-corrected chi connectivity index (χ1v) is 4.33. The lowest BCUT2D eigenvalue weighted by Crippen LogP contribution is -1.93. The Labute approximate surface area is 81.9 Å². The Morgan fingerprint density at radius 2 is 2.07 bits per heavy atom. The molecule has 2 aromatic rings. The van der Waals surface area contributed by atoms with Gasteiger partial charge < -0.3 is 0 Å². The molecule has 0 spiro atoms. The van der Waals surface area contributed by atoms with Crippen LogP contribution in [0.5, 0.6) is 0 Å². The molecule has 1 aromatic heterocycles. The van der Waals surface area contributed by atoms with E-state index in [-0.39, 0.29) is 0 Å². The number of aromatic nitrogens is 4. The van der Waals surface area contributed by atoms with Crippen LogP contribution in [0.3, 0.4) is 0 Å². The highest BCUT2D eigenvalue weighted by molar-refractivity contribution is 5.18. The molecule has 1 heterocycles. The molecule has 4 heteroatoms. The average molecular weight is 186 g/mol. The summed E-state index contributed by atoms with van der Waals surface area (Å²) in [5, 5.41) is 11.8. The third kappa shape index (κ3) is 1.85. The number of nitrogens with zero attached hydrogens (tertiary/aromatic N) is 4. The van der Waals surface area contributed by atoms with Gasteiger partial charge in [0.2, 0.25) is 0 Å². The van der Waals surface area contributed by atoms with Crippen LogP contribution in [0.25, 0.3) is 6.20 Å². The van der Waals surface area contributed by atoms with Gasteiger partial charge in [0.1, 0.15) is 0 Å². The predicted octanol–water partition coefficient (Wildman–Crippen LogP) is 1.36. The zero-order valence-electron chi connectivity index (χ0n) is 7.67. The molecule has 14 heavy (non-hydrogen) atoms. The van der Waals surface area contributed by atoms with Crippen molar-refractivity contribution in [1.29, 1.82) is 0 Å². The minimum absolute atomic E-state index is 0.703. The van der Waals surface area contributed by atoms with Gasteiger partial charge in [0.15, 0.2) is 5.82 Å². The van der Waals surface area contributed by atoms with E-state index in [2.05, 4.69) is 22.0 Å². The molecule has 0 fully saturated rings. The second-order valence-electron chi connectivity index (χ2n) is 2.87. The van der Waals surface area contributed by atoms with Gasteiger partial charge >= 0.3 is 0 Å². The summed E-state index contributed by atoms with van der Waals surface area (Å²) in [4.78, 5) is 1.36. The first-order valence-electron chi connectivity index (χ1n) is 4.33. The number of hydrogen-bond donors (Lipinski definition) is 0. The van der Waals surface area contributed by atoms with Crippen LogP contribution in [0.4, 0.5) is 0 Å². The quantitative estimate of drug-likeness (QED) is 0.727. The second kappa shape index (κ2) is 3.83. The van der Waals surface area contributed by atoms with Crippen molar-refractivity contribution in [2.75, 3.05) is 0 Å². The van der Waals surface area contributed by atoms with E-state index in [1.54, 1.807) is 0 Å². The molecule has 0 aliphatic rings. The second-order valence-corrected chi connectivity index (χ2v) is 2.87. The SMILES string of the molecule is C=Cn1nnc(Cc2ccccc2)n1. The molecule has 4 nitrogen and oxygen atoms in total. The van der Waals surface area contributed by atoms with Crippen LogP contribution in [0, 0.1) is 0 Å². The van der Waals surface area contributed by atoms with Crippen molar-refractivity contribution in [1.82, 2.24) is 20.2 Å². The molecule has 0 saturated carbocycles. The monoisotopic (exact) mass is 186 g/mol. The number of rotatable bonds is 3. The molecule has 1 aromatic carbocycles. The Hall–Kier alpha value is -1.97. The number of tetrazole rings is 1. The van der Waals surface area contributed by atoms with E-state index in [4.69, 9.17) is 0 Å². The van der Waals surface area contributed by atoms with Gasteiger partial charge in [0.05, 0.1) is 0 Å². The molecule has 0 aliphatic carbocycles. The van der Waals surface area contributed by atoms with Crippen LogP contribution in [0.2, 0.25) is 0 Å². The molecule has 0 aliphatic heterocycles. The fraction of sp³-hybridized carbons (Fsp3) is 0.100. The smallest absolute Gasteiger partial charge is 0.139 e. The van der Waals surface area contributed by atoms with Gasteiger partial charge in [-0.2, -0.15) is 0 Å². The molecular formula is C10H10N4. The summed E-state index contributed by atoms with van der Waals surface area (Å²) < 4.78 is 0. The molecule has 0 amide bonds. The van der Waals surface area contributed by atoms with Crippen LogP contribution in [0.1, 0.15) is 11.4 Å². The summed E-state index contributed by atoms with van der Waals surface area (Å²) in [7, 11) is 0. The van der Waals surface area contributed by atoms with Crippen molar-refractivity contribution in [2.24, 2.45) is 0 Å². The van der Waals surface area contributed by atoms with Crippen molar-refractivity contribution in [3.8, 4) is 0 Å². The van der Waals surface area contributed by atoms with E-state index in [0.29, 0.717) is 12.2 Å². The Morgan fingerprint density at radius 1 is 1.29 bits per heavy atom. The van der Waals surface area contributed by atoms with E-state index >= 15 is 0 Å². The first-order chi connectivity index (χ1) is 6.88. The van der Waals surface area contributed by atoms with E-state index in [1.807, 2.05) is 30.3 Å². The topological polar surface area (TPSA) is 43.6 Å². The number of benzene rings is 1.